The highest BCUT2D eigenvalue weighted by Crippen LogP contribution is 2.36. The first kappa shape index (κ1) is 15.5. The van der Waals surface area contributed by atoms with E-state index in [0.29, 0.717) is 6.54 Å². The number of carbonyl (C=O) groups excluding carboxylic acids is 2. The van der Waals surface area contributed by atoms with Crippen molar-refractivity contribution in [3.8, 4) is 0 Å². The quantitative estimate of drug-likeness (QED) is 0.814. The van der Waals surface area contributed by atoms with E-state index in [2.05, 4.69) is 17.2 Å². The van der Waals surface area contributed by atoms with Gasteiger partial charge in [0.1, 0.15) is 0 Å². The number of pyridine rings is 1. The lowest BCUT2D eigenvalue weighted by Crippen LogP contribution is -2.35. The molecule has 2 rings (SSSR count). The van der Waals surface area contributed by atoms with Gasteiger partial charge in [-0.3, -0.25) is 14.6 Å². The van der Waals surface area contributed by atoms with Gasteiger partial charge in [0.15, 0.2) is 0 Å². The Morgan fingerprint density at radius 1 is 1.48 bits per heavy atom. The van der Waals surface area contributed by atoms with Crippen molar-refractivity contribution in [2.45, 2.75) is 38.6 Å². The molecule has 2 amide bonds. The summed E-state index contributed by atoms with van der Waals surface area (Å²) < 4.78 is 0. The van der Waals surface area contributed by atoms with E-state index in [9.17, 15) is 9.59 Å². The summed E-state index contributed by atoms with van der Waals surface area (Å²) >= 11 is 0. The summed E-state index contributed by atoms with van der Waals surface area (Å²) in [5.41, 5.74) is 0.916. The first-order valence-corrected chi connectivity index (χ1v) is 7.58. The number of likely N-dealkylation sites (tertiary alicyclic amines) is 1. The molecule has 1 aromatic heterocycles. The number of carbonyl (C=O) groups is 2. The molecule has 0 bridgehead atoms. The Labute approximate surface area is 125 Å². The Hall–Kier alpha value is -1.91. The molecular formula is C16H23N3O2. The fourth-order valence-electron chi connectivity index (χ4n) is 2.83. The van der Waals surface area contributed by atoms with Crippen molar-refractivity contribution >= 4 is 11.8 Å². The molecule has 1 aliphatic rings. The van der Waals surface area contributed by atoms with Crippen LogP contribution in [0, 0.1) is 5.92 Å². The summed E-state index contributed by atoms with van der Waals surface area (Å²) in [6.07, 6.45) is 6.91. The number of unbranched alkanes of at least 4 members (excludes halogenated alkanes) is 2. The van der Waals surface area contributed by atoms with Crippen molar-refractivity contribution in [1.82, 2.24) is 15.2 Å². The molecule has 1 aromatic rings. The molecule has 0 unspecified atom stereocenters. The zero-order chi connectivity index (χ0) is 15.2. The number of amides is 2. The summed E-state index contributed by atoms with van der Waals surface area (Å²) in [4.78, 5) is 30.1. The van der Waals surface area contributed by atoms with Gasteiger partial charge in [0.25, 0.3) is 0 Å². The van der Waals surface area contributed by atoms with E-state index in [1.165, 1.54) is 0 Å². The minimum atomic E-state index is -0.326. The van der Waals surface area contributed by atoms with E-state index in [4.69, 9.17) is 0 Å². The molecule has 0 aromatic carbocycles. The fourth-order valence-corrected chi connectivity index (χ4v) is 2.83. The van der Waals surface area contributed by atoms with Gasteiger partial charge in [-0.25, -0.2) is 0 Å². The number of nitrogens with one attached hydrogen (secondary N) is 1. The van der Waals surface area contributed by atoms with Gasteiger partial charge >= 0.3 is 0 Å². The Balaban J connectivity index is 2.06. The lowest BCUT2D eigenvalue weighted by atomic mass is 9.94. The van der Waals surface area contributed by atoms with Gasteiger partial charge in [0.05, 0.1) is 12.0 Å². The van der Waals surface area contributed by atoms with Crippen molar-refractivity contribution in [2.75, 3.05) is 13.6 Å². The van der Waals surface area contributed by atoms with E-state index in [-0.39, 0.29) is 30.2 Å². The van der Waals surface area contributed by atoms with E-state index in [1.807, 2.05) is 12.1 Å². The Morgan fingerprint density at radius 2 is 2.29 bits per heavy atom. The van der Waals surface area contributed by atoms with Crippen LogP contribution in [0.4, 0.5) is 0 Å². The molecule has 1 fully saturated rings. The lowest BCUT2D eigenvalue weighted by Gasteiger charge is -2.24. The molecular weight excluding hydrogens is 266 g/mol. The average molecular weight is 289 g/mol. The van der Waals surface area contributed by atoms with Crippen LogP contribution in [0.15, 0.2) is 24.5 Å². The van der Waals surface area contributed by atoms with Crippen molar-refractivity contribution in [3.05, 3.63) is 30.1 Å². The number of nitrogens with zero attached hydrogens (tertiary/aromatic N) is 2. The van der Waals surface area contributed by atoms with Crippen LogP contribution in [-0.4, -0.2) is 35.3 Å². The molecule has 2 atom stereocenters. The van der Waals surface area contributed by atoms with Crippen LogP contribution in [-0.2, 0) is 9.59 Å². The van der Waals surface area contributed by atoms with Gasteiger partial charge in [-0.2, -0.15) is 0 Å². The van der Waals surface area contributed by atoms with Crippen molar-refractivity contribution in [3.63, 3.8) is 0 Å². The summed E-state index contributed by atoms with van der Waals surface area (Å²) in [6, 6.07) is 3.55. The van der Waals surface area contributed by atoms with Crippen molar-refractivity contribution < 1.29 is 9.59 Å². The molecule has 5 nitrogen and oxygen atoms in total. The SMILES string of the molecule is CCCCCNC(=O)[C@H]1CC(=O)N(C)[C@@H]1c1cccnc1. The normalized spacial score (nSPS) is 21.6. The van der Waals surface area contributed by atoms with E-state index in [1.54, 1.807) is 24.3 Å². The van der Waals surface area contributed by atoms with Gasteiger partial charge in [-0.1, -0.05) is 25.8 Å². The van der Waals surface area contributed by atoms with Crippen LogP contribution in [0.5, 0.6) is 0 Å². The molecule has 1 N–H and O–H groups in total. The largest absolute Gasteiger partial charge is 0.356 e. The highest BCUT2D eigenvalue weighted by atomic mass is 16.2. The number of hydrogen-bond donors (Lipinski definition) is 1. The maximum atomic E-state index is 12.4. The van der Waals surface area contributed by atoms with E-state index >= 15 is 0 Å². The van der Waals surface area contributed by atoms with E-state index < -0.39 is 0 Å². The Morgan fingerprint density at radius 3 is 2.95 bits per heavy atom. The molecule has 0 aliphatic carbocycles. The molecule has 5 heteroatoms. The minimum absolute atomic E-state index is 0.0116. The zero-order valence-corrected chi connectivity index (χ0v) is 12.7. The third kappa shape index (κ3) is 3.60. The molecule has 1 saturated heterocycles. The third-order valence-corrected chi connectivity index (χ3v) is 4.03. The second-order valence-corrected chi connectivity index (χ2v) is 5.54. The van der Waals surface area contributed by atoms with Crippen LogP contribution in [0.2, 0.25) is 0 Å². The summed E-state index contributed by atoms with van der Waals surface area (Å²) in [6.45, 7) is 2.81. The maximum absolute atomic E-state index is 12.4. The lowest BCUT2D eigenvalue weighted by molar-refractivity contribution is -0.128. The van der Waals surface area contributed by atoms with Crippen LogP contribution in [0.25, 0.3) is 0 Å². The standard InChI is InChI=1S/C16H23N3O2/c1-3-4-5-9-18-16(21)13-10-14(20)19(2)15(13)12-7-6-8-17-11-12/h6-8,11,13,15H,3-5,9-10H2,1-2H3,(H,18,21)/t13-,15+/m0/s1. The van der Waals surface area contributed by atoms with Crippen molar-refractivity contribution in [2.24, 2.45) is 5.92 Å². The molecule has 0 spiro atoms. The van der Waals surface area contributed by atoms with Crippen LogP contribution in [0.3, 0.4) is 0 Å². The predicted molar refractivity (Wildman–Crippen MR) is 80.4 cm³/mol. The number of hydrogen-bond acceptors (Lipinski definition) is 3. The smallest absolute Gasteiger partial charge is 0.226 e. The molecule has 114 valence electrons. The maximum Gasteiger partial charge on any atom is 0.226 e. The van der Waals surface area contributed by atoms with E-state index in [0.717, 1.165) is 24.8 Å². The minimum Gasteiger partial charge on any atom is -0.356 e. The first-order chi connectivity index (χ1) is 10.1. The van der Waals surface area contributed by atoms with Gasteiger partial charge in [0.2, 0.25) is 11.8 Å². The highest BCUT2D eigenvalue weighted by Gasteiger charge is 2.42. The summed E-state index contributed by atoms with van der Waals surface area (Å²) in [7, 11) is 1.75. The van der Waals surface area contributed by atoms with Crippen LogP contribution in [0.1, 0.15) is 44.2 Å². The number of aromatic nitrogens is 1. The van der Waals surface area contributed by atoms with Gasteiger partial charge in [-0.15, -0.1) is 0 Å². The van der Waals surface area contributed by atoms with Crippen LogP contribution >= 0.6 is 0 Å². The molecule has 21 heavy (non-hydrogen) atoms. The molecule has 2 heterocycles. The predicted octanol–water partition coefficient (Wildman–Crippen LogP) is 1.91. The Kier molecular flexibility index (Phi) is 5.31. The number of rotatable bonds is 6. The fraction of sp³-hybridized carbons (Fsp3) is 0.562. The van der Waals surface area contributed by atoms with Gasteiger partial charge < -0.3 is 10.2 Å². The Bertz CT molecular complexity index is 490. The zero-order valence-electron chi connectivity index (χ0n) is 12.7. The molecule has 0 radical (unpaired) electrons. The molecule has 0 saturated carbocycles. The highest BCUT2D eigenvalue weighted by molar-refractivity contribution is 5.90. The summed E-state index contributed by atoms with van der Waals surface area (Å²) in [5, 5.41) is 2.96. The monoisotopic (exact) mass is 289 g/mol. The van der Waals surface area contributed by atoms with Gasteiger partial charge in [-0.05, 0) is 18.1 Å². The molecule has 1 aliphatic heterocycles. The van der Waals surface area contributed by atoms with Crippen LogP contribution < -0.4 is 5.32 Å². The second-order valence-electron chi connectivity index (χ2n) is 5.54. The summed E-state index contributed by atoms with van der Waals surface area (Å²) in [5.74, 6) is -0.344. The van der Waals surface area contributed by atoms with Crippen molar-refractivity contribution in [1.29, 1.82) is 0 Å². The second kappa shape index (κ2) is 7.20. The topological polar surface area (TPSA) is 62.3 Å². The first-order valence-electron chi connectivity index (χ1n) is 7.58. The van der Waals surface area contributed by atoms with Gasteiger partial charge in [0, 0.05) is 32.4 Å². The average Bonchev–Trinajstić information content (AvgIpc) is 2.80. The third-order valence-electron chi connectivity index (χ3n) is 4.03.